The highest BCUT2D eigenvalue weighted by molar-refractivity contribution is 6.11. The van der Waals surface area contributed by atoms with Crippen molar-refractivity contribution in [2.45, 2.75) is 0 Å². The first-order valence-electron chi connectivity index (χ1n) is 10.5. The van der Waals surface area contributed by atoms with Crippen LogP contribution in [0.5, 0.6) is 0 Å². The van der Waals surface area contributed by atoms with Crippen LogP contribution < -0.4 is 10.6 Å². The second-order valence-corrected chi connectivity index (χ2v) is 7.67. The molecule has 0 atom stereocenters. The average Bonchev–Trinajstić information content (AvgIpc) is 3.40. The van der Waals surface area contributed by atoms with Crippen molar-refractivity contribution in [2.24, 2.45) is 0 Å². The van der Waals surface area contributed by atoms with E-state index < -0.39 is 29.3 Å². The lowest BCUT2D eigenvalue weighted by atomic mass is 10.0. The Morgan fingerprint density at radius 2 is 1.64 bits per heavy atom. The van der Waals surface area contributed by atoms with Crippen LogP contribution in [0.15, 0.2) is 79.5 Å². The van der Waals surface area contributed by atoms with Crippen molar-refractivity contribution in [3.63, 3.8) is 0 Å². The summed E-state index contributed by atoms with van der Waals surface area (Å²) in [4.78, 5) is 38.2. The zero-order valence-electron chi connectivity index (χ0n) is 18.2. The number of nitrogens with one attached hydrogen (secondary N) is 2. The fourth-order valence-corrected chi connectivity index (χ4v) is 3.49. The van der Waals surface area contributed by atoms with Gasteiger partial charge in [0.2, 0.25) is 0 Å². The van der Waals surface area contributed by atoms with Crippen LogP contribution >= 0.6 is 0 Å². The number of halogens is 3. The monoisotopic (exact) mass is 488 g/mol. The van der Waals surface area contributed by atoms with Crippen molar-refractivity contribution in [2.75, 3.05) is 10.6 Å². The fourth-order valence-electron chi connectivity index (χ4n) is 3.49. The number of hydrogen-bond acceptors (Lipinski definition) is 5. The van der Waals surface area contributed by atoms with E-state index in [-0.39, 0.29) is 22.5 Å². The van der Waals surface area contributed by atoms with Gasteiger partial charge in [-0.3, -0.25) is 14.3 Å². The van der Waals surface area contributed by atoms with Gasteiger partial charge in [0.15, 0.2) is 23.2 Å². The molecular formula is C25H15F3N6O2. The Bertz CT molecular complexity index is 1620. The molecule has 8 nitrogen and oxygen atoms in total. The summed E-state index contributed by atoms with van der Waals surface area (Å²) in [6.07, 6.45) is 6.44. The Labute approximate surface area is 201 Å². The zero-order chi connectivity index (χ0) is 25.2. The summed E-state index contributed by atoms with van der Waals surface area (Å²) >= 11 is 0. The number of hydrogen-bond donors (Lipinski definition) is 2. The van der Waals surface area contributed by atoms with Crippen LogP contribution in [0.25, 0.3) is 16.9 Å². The number of imidazole rings is 1. The van der Waals surface area contributed by atoms with Gasteiger partial charge in [-0.1, -0.05) is 0 Å². The van der Waals surface area contributed by atoms with Gasteiger partial charge in [0.05, 0.1) is 17.2 Å². The van der Waals surface area contributed by atoms with Gasteiger partial charge in [-0.05, 0) is 48.5 Å². The van der Waals surface area contributed by atoms with E-state index in [4.69, 9.17) is 0 Å². The zero-order valence-corrected chi connectivity index (χ0v) is 18.2. The number of rotatable bonds is 5. The maximum absolute atomic E-state index is 14.3. The molecule has 0 bridgehead atoms. The first-order chi connectivity index (χ1) is 17.4. The molecule has 11 heteroatoms. The third-order valence-electron chi connectivity index (χ3n) is 5.16. The minimum absolute atomic E-state index is 0.00793. The first kappa shape index (κ1) is 22.7. The molecule has 2 aromatic heterocycles. The van der Waals surface area contributed by atoms with E-state index in [0.717, 1.165) is 24.3 Å². The molecule has 0 unspecified atom stereocenters. The third kappa shape index (κ3) is 4.75. The molecule has 0 saturated carbocycles. The predicted molar refractivity (Wildman–Crippen MR) is 125 cm³/mol. The molecule has 0 spiro atoms. The Hall–Kier alpha value is -5.06. The molecule has 2 amide bonds. The van der Waals surface area contributed by atoms with Crippen molar-refractivity contribution < 1.29 is 22.8 Å². The maximum atomic E-state index is 14.3. The molecule has 5 rings (SSSR count). The quantitative estimate of drug-likeness (QED) is 0.335. The summed E-state index contributed by atoms with van der Waals surface area (Å²) in [5.74, 6) is -2.95. The predicted octanol–water partition coefficient (Wildman–Crippen LogP) is 5.11. The van der Waals surface area contributed by atoms with Crippen LogP contribution in [-0.4, -0.2) is 31.3 Å². The van der Waals surface area contributed by atoms with Gasteiger partial charge >= 0.3 is 6.03 Å². The second kappa shape index (κ2) is 9.29. The number of carbonyl (C=O) groups is 2. The number of urea groups is 1. The van der Waals surface area contributed by atoms with Gasteiger partial charge in [-0.2, -0.15) is 0 Å². The standard InChI is InChI=1S/C25H15F3N6O2/c26-16-7-15(8-18(10-16)32-25(36)31-17-2-3-19(27)20(28)11-17)24(35)14-1-4-21-22(9-14)33-23(12-30-21)34-6-5-29-13-34/h1-13H,(H2,31,32,36). The molecule has 0 aliphatic rings. The lowest BCUT2D eigenvalue weighted by molar-refractivity contribution is 0.103. The molecule has 0 fully saturated rings. The van der Waals surface area contributed by atoms with Gasteiger partial charge in [0, 0.05) is 41.0 Å². The smallest absolute Gasteiger partial charge is 0.308 e. The highest BCUT2D eigenvalue weighted by atomic mass is 19.2. The van der Waals surface area contributed by atoms with E-state index >= 15 is 0 Å². The Morgan fingerprint density at radius 1 is 0.806 bits per heavy atom. The molecule has 2 N–H and O–H groups in total. The molecule has 0 aliphatic heterocycles. The SMILES string of the molecule is O=C(Nc1cc(F)cc(C(=O)c2ccc3ncc(-n4ccnc4)nc3c2)c1)Nc1ccc(F)c(F)c1. The highest BCUT2D eigenvalue weighted by Gasteiger charge is 2.15. The number of carbonyl (C=O) groups excluding carboxylic acids is 2. The van der Waals surface area contributed by atoms with Gasteiger partial charge in [0.1, 0.15) is 12.1 Å². The molecule has 0 saturated heterocycles. The normalized spacial score (nSPS) is 10.9. The largest absolute Gasteiger partial charge is 0.323 e. The van der Waals surface area contributed by atoms with E-state index in [1.54, 1.807) is 47.7 Å². The van der Waals surface area contributed by atoms with Gasteiger partial charge in [-0.25, -0.2) is 27.9 Å². The van der Waals surface area contributed by atoms with Crippen LogP contribution in [-0.2, 0) is 0 Å². The van der Waals surface area contributed by atoms with Crippen LogP contribution in [0.3, 0.4) is 0 Å². The summed E-state index contributed by atoms with van der Waals surface area (Å²) in [5, 5.41) is 4.68. The van der Waals surface area contributed by atoms with Gasteiger partial charge in [-0.15, -0.1) is 0 Å². The number of ketones is 1. The highest BCUT2D eigenvalue weighted by Crippen LogP contribution is 2.21. The summed E-state index contributed by atoms with van der Waals surface area (Å²) in [7, 11) is 0. The average molecular weight is 488 g/mol. The third-order valence-corrected chi connectivity index (χ3v) is 5.16. The molecule has 3 aromatic carbocycles. The number of anilines is 2. The molecular weight excluding hydrogens is 473 g/mol. The molecule has 5 aromatic rings. The van der Waals surface area contributed by atoms with Gasteiger partial charge in [0.25, 0.3) is 0 Å². The van der Waals surface area contributed by atoms with Crippen LogP contribution in [0.1, 0.15) is 15.9 Å². The number of benzene rings is 3. The van der Waals surface area contributed by atoms with E-state index in [2.05, 4.69) is 25.6 Å². The van der Waals surface area contributed by atoms with Crippen molar-refractivity contribution in [1.82, 2.24) is 19.5 Å². The summed E-state index contributed by atoms with van der Waals surface area (Å²) in [6.45, 7) is 0. The van der Waals surface area contributed by atoms with E-state index in [1.807, 2.05) is 0 Å². The lowest BCUT2D eigenvalue weighted by Gasteiger charge is -2.10. The van der Waals surface area contributed by atoms with Crippen molar-refractivity contribution in [1.29, 1.82) is 0 Å². The summed E-state index contributed by atoms with van der Waals surface area (Å²) < 4.78 is 42.4. The second-order valence-electron chi connectivity index (χ2n) is 7.67. The number of fused-ring (bicyclic) bond motifs is 1. The Balaban J connectivity index is 1.38. The van der Waals surface area contributed by atoms with Crippen LogP contribution in [0.4, 0.5) is 29.3 Å². The first-order valence-corrected chi connectivity index (χ1v) is 10.5. The van der Waals surface area contributed by atoms with Crippen molar-refractivity contribution in [3.8, 4) is 5.82 Å². The molecule has 36 heavy (non-hydrogen) atoms. The number of nitrogens with zero attached hydrogens (tertiary/aromatic N) is 4. The summed E-state index contributed by atoms with van der Waals surface area (Å²) in [5.41, 5.74) is 1.21. The molecule has 178 valence electrons. The number of aromatic nitrogens is 4. The van der Waals surface area contributed by atoms with Crippen molar-refractivity contribution in [3.05, 3.63) is 108 Å². The van der Waals surface area contributed by atoms with E-state index in [9.17, 15) is 22.8 Å². The Morgan fingerprint density at radius 3 is 2.42 bits per heavy atom. The van der Waals surface area contributed by atoms with Gasteiger partial charge < -0.3 is 10.6 Å². The van der Waals surface area contributed by atoms with E-state index in [1.165, 1.54) is 12.1 Å². The van der Waals surface area contributed by atoms with Crippen molar-refractivity contribution >= 4 is 34.2 Å². The topological polar surface area (TPSA) is 102 Å². The minimum atomic E-state index is -1.14. The van der Waals surface area contributed by atoms with E-state index in [0.29, 0.717) is 16.9 Å². The molecule has 0 radical (unpaired) electrons. The Kier molecular flexibility index (Phi) is 5.87. The lowest BCUT2D eigenvalue weighted by Crippen LogP contribution is -2.20. The molecule has 0 aliphatic carbocycles. The number of amides is 2. The maximum Gasteiger partial charge on any atom is 0.323 e. The van der Waals surface area contributed by atoms with Crippen LogP contribution in [0, 0.1) is 17.5 Å². The van der Waals surface area contributed by atoms with Crippen LogP contribution in [0.2, 0.25) is 0 Å². The fraction of sp³-hybridized carbons (Fsp3) is 0. The molecule has 2 heterocycles. The minimum Gasteiger partial charge on any atom is -0.308 e. The summed E-state index contributed by atoms with van der Waals surface area (Å²) in [6, 6.07) is 10.1.